The number of thiophene rings is 1. The van der Waals surface area contributed by atoms with Crippen LogP contribution in [0, 0.1) is 29.1 Å². The Balaban J connectivity index is 1.61. The number of rotatable bonds is 5. The first-order valence-corrected chi connectivity index (χ1v) is 14.7. The number of carboxylic acids is 1. The Labute approximate surface area is 230 Å². The van der Waals surface area contributed by atoms with E-state index in [1.54, 1.807) is 15.9 Å². The highest BCUT2D eigenvalue weighted by Gasteiger charge is 2.40. The molecular formula is C29H41N3O5S. The third-order valence-corrected chi connectivity index (χ3v) is 8.66. The molecule has 208 valence electrons. The van der Waals surface area contributed by atoms with Crippen LogP contribution in [0.4, 0.5) is 10.5 Å². The van der Waals surface area contributed by atoms with Gasteiger partial charge in [-0.2, -0.15) is 0 Å². The summed E-state index contributed by atoms with van der Waals surface area (Å²) in [6.07, 6.45) is 5.46. The number of carboxylic acid groups (broad SMARTS) is 1. The van der Waals surface area contributed by atoms with Gasteiger partial charge in [0, 0.05) is 31.0 Å². The third kappa shape index (κ3) is 7.09. The van der Waals surface area contributed by atoms with E-state index in [0.717, 1.165) is 56.4 Å². The van der Waals surface area contributed by atoms with Crippen molar-refractivity contribution in [2.75, 3.05) is 31.1 Å². The number of piperidine rings is 1. The molecule has 0 radical (unpaired) electrons. The number of nitrogens with zero attached hydrogens (tertiary/aromatic N) is 2. The number of likely N-dealkylation sites (tertiary alicyclic amines) is 1. The lowest BCUT2D eigenvalue weighted by atomic mass is 9.82. The van der Waals surface area contributed by atoms with E-state index in [4.69, 9.17) is 4.74 Å². The van der Waals surface area contributed by atoms with Gasteiger partial charge in [-0.15, -0.1) is 11.3 Å². The van der Waals surface area contributed by atoms with E-state index in [1.165, 1.54) is 0 Å². The molecule has 0 spiro atoms. The highest BCUT2D eigenvalue weighted by molar-refractivity contribution is 7.15. The summed E-state index contributed by atoms with van der Waals surface area (Å²) >= 11 is 1.11. The number of ether oxygens (including phenoxy) is 1. The molecule has 1 aromatic rings. The zero-order valence-corrected chi connectivity index (χ0v) is 23.9. The monoisotopic (exact) mass is 543 g/mol. The molecule has 1 aliphatic carbocycles. The summed E-state index contributed by atoms with van der Waals surface area (Å²) in [5, 5.41) is 13.3. The summed E-state index contributed by atoms with van der Waals surface area (Å²) in [5.74, 6) is 5.63. The lowest BCUT2D eigenvalue weighted by Gasteiger charge is -2.34. The second-order valence-electron chi connectivity index (χ2n) is 12.0. The summed E-state index contributed by atoms with van der Waals surface area (Å²) in [6, 6.07) is 1.44. The minimum absolute atomic E-state index is 0.0378. The van der Waals surface area contributed by atoms with E-state index in [1.807, 2.05) is 20.8 Å². The van der Waals surface area contributed by atoms with Gasteiger partial charge in [-0.3, -0.25) is 4.79 Å². The van der Waals surface area contributed by atoms with Crippen LogP contribution in [-0.4, -0.2) is 66.3 Å². The van der Waals surface area contributed by atoms with Gasteiger partial charge < -0.3 is 25.0 Å². The molecule has 4 rings (SSSR count). The van der Waals surface area contributed by atoms with E-state index >= 15 is 0 Å². The molecule has 3 heterocycles. The lowest BCUT2D eigenvalue weighted by Crippen LogP contribution is -2.47. The van der Waals surface area contributed by atoms with Crippen LogP contribution >= 0.6 is 11.3 Å². The van der Waals surface area contributed by atoms with Crippen LogP contribution in [0.3, 0.4) is 0 Å². The van der Waals surface area contributed by atoms with Crippen LogP contribution < -0.4 is 10.2 Å². The van der Waals surface area contributed by atoms with Crippen molar-refractivity contribution < 1.29 is 24.2 Å². The van der Waals surface area contributed by atoms with Crippen LogP contribution in [-0.2, 0) is 9.53 Å². The van der Waals surface area contributed by atoms with E-state index in [-0.39, 0.29) is 40.4 Å². The Bertz CT molecular complexity index is 1080. The molecular weight excluding hydrogens is 502 g/mol. The molecule has 1 saturated carbocycles. The van der Waals surface area contributed by atoms with Crippen molar-refractivity contribution in [3.63, 3.8) is 0 Å². The van der Waals surface area contributed by atoms with E-state index < -0.39 is 5.97 Å². The van der Waals surface area contributed by atoms with Gasteiger partial charge >= 0.3 is 12.1 Å². The fourth-order valence-corrected chi connectivity index (χ4v) is 6.32. The van der Waals surface area contributed by atoms with Crippen molar-refractivity contribution >= 4 is 35.0 Å². The summed E-state index contributed by atoms with van der Waals surface area (Å²) in [6.45, 7) is 10.6. The Morgan fingerprint density at radius 2 is 1.89 bits per heavy atom. The average molecular weight is 544 g/mol. The fourth-order valence-electron chi connectivity index (χ4n) is 5.48. The smallest absolute Gasteiger partial charge is 0.410 e. The molecule has 38 heavy (non-hydrogen) atoms. The molecule has 2 atom stereocenters. The normalized spacial score (nSPS) is 25.8. The maximum Gasteiger partial charge on any atom is 0.410 e. The predicted octanol–water partition coefficient (Wildman–Crippen LogP) is 4.97. The average Bonchev–Trinajstić information content (AvgIpc) is 3.52. The first kappa shape index (κ1) is 28.4. The summed E-state index contributed by atoms with van der Waals surface area (Å²) in [7, 11) is 0. The van der Waals surface area contributed by atoms with Crippen LogP contribution in [0.1, 0.15) is 87.2 Å². The first-order chi connectivity index (χ1) is 18.0. The molecule has 2 amide bonds. The van der Waals surface area contributed by atoms with Crippen molar-refractivity contribution in [2.45, 2.75) is 84.8 Å². The van der Waals surface area contributed by atoms with Crippen molar-refractivity contribution in [3.05, 3.63) is 15.8 Å². The molecule has 2 N–H and O–H groups in total. The van der Waals surface area contributed by atoms with Crippen LogP contribution in [0.25, 0.3) is 0 Å². The van der Waals surface area contributed by atoms with Gasteiger partial charge in [-0.25, -0.2) is 9.59 Å². The van der Waals surface area contributed by atoms with Gasteiger partial charge in [-0.05, 0) is 84.2 Å². The van der Waals surface area contributed by atoms with Crippen molar-refractivity contribution in [3.8, 4) is 11.8 Å². The number of hydrogen-bond acceptors (Lipinski definition) is 6. The minimum atomic E-state index is -1.07. The Morgan fingerprint density at radius 1 is 1.16 bits per heavy atom. The molecule has 2 aliphatic heterocycles. The van der Waals surface area contributed by atoms with E-state index in [0.29, 0.717) is 42.5 Å². The molecule has 1 unspecified atom stereocenters. The molecule has 0 bridgehead atoms. The number of nitrogens with one attached hydrogen (secondary N) is 1. The van der Waals surface area contributed by atoms with Gasteiger partial charge in [0.25, 0.3) is 0 Å². The number of aromatic carboxylic acids is 1. The second kappa shape index (κ2) is 12.1. The molecule has 0 aromatic carbocycles. The van der Waals surface area contributed by atoms with Crippen LogP contribution in [0.15, 0.2) is 6.07 Å². The van der Waals surface area contributed by atoms with Crippen LogP contribution in [0.5, 0.6) is 0 Å². The predicted molar refractivity (Wildman–Crippen MR) is 149 cm³/mol. The maximum absolute atomic E-state index is 14.0. The SMILES string of the molecule is CC(C)(C)C#Cc1cc(N(C(=O)[C@H]2CC[C@H](C)CC2)[C@@H]2CCN(C(=O)OC3CCCNC3)C2)c(C(=O)O)s1. The summed E-state index contributed by atoms with van der Waals surface area (Å²) < 4.78 is 5.74. The maximum atomic E-state index is 14.0. The Kier molecular flexibility index (Phi) is 9.04. The molecule has 3 aliphatic rings. The zero-order chi connectivity index (χ0) is 27.4. The van der Waals surface area contributed by atoms with E-state index in [9.17, 15) is 19.5 Å². The van der Waals surface area contributed by atoms with E-state index in [2.05, 4.69) is 24.1 Å². The lowest BCUT2D eigenvalue weighted by molar-refractivity contribution is -0.124. The van der Waals surface area contributed by atoms with Crippen LogP contribution in [0.2, 0.25) is 0 Å². The number of carbonyl (C=O) groups excluding carboxylic acids is 2. The topological polar surface area (TPSA) is 99.2 Å². The number of amides is 2. The molecule has 8 nitrogen and oxygen atoms in total. The van der Waals surface area contributed by atoms with Crippen molar-refractivity contribution in [1.82, 2.24) is 10.2 Å². The fraction of sp³-hybridized carbons (Fsp3) is 0.690. The Hall–Kier alpha value is -2.57. The van der Waals surface area contributed by atoms with Gasteiger partial charge in [0.05, 0.1) is 16.6 Å². The van der Waals surface area contributed by atoms with Gasteiger partial charge in [0.2, 0.25) is 5.91 Å². The highest BCUT2D eigenvalue weighted by Crippen LogP contribution is 2.38. The zero-order valence-electron chi connectivity index (χ0n) is 23.0. The minimum Gasteiger partial charge on any atom is -0.477 e. The van der Waals surface area contributed by atoms with Gasteiger partial charge in [0.15, 0.2) is 0 Å². The summed E-state index contributed by atoms with van der Waals surface area (Å²) in [5.41, 5.74) is 0.170. The molecule has 2 saturated heterocycles. The highest BCUT2D eigenvalue weighted by atomic mass is 32.1. The van der Waals surface area contributed by atoms with Crippen molar-refractivity contribution in [2.24, 2.45) is 17.3 Å². The van der Waals surface area contributed by atoms with Gasteiger partial charge in [0.1, 0.15) is 11.0 Å². The molecule has 1 aromatic heterocycles. The third-order valence-electron chi connectivity index (χ3n) is 7.64. The molecule has 9 heteroatoms. The Morgan fingerprint density at radius 3 is 2.53 bits per heavy atom. The second-order valence-corrected chi connectivity index (χ2v) is 13.1. The summed E-state index contributed by atoms with van der Waals surface area (Å²) in [4.78, 5) is 43.4. The van der Waals surface area contributed by atoms with Gasteiger partial charge in [-0.1, -0.05) is 18.8 Å². The quantitative estimate of drug-likeness (QED) is 0.509. The first-order valence-electron chi connectivity index (χ1n) is 13.9. The number of anilines is 1. The number of carbonyl (C=O) groups is 3. The van der Waals surface area contributed by atoms with Crippen molar-refractivity contribution in [1.29, 1.82) is 0 Å². The largest absolute Gasteiger partial charge is 0.477 e. The number of hydrogen-bond donors (Lipinski definition) is 2. The molecule has 3 fully saturated rings. The standard InChI is InChI=1S/C29H41N3O5S/c1-19-7-9-20(10-8-19)26(33)32(24-16-23(11-13-29(2,3)4)38-25(24)27(34)35)21-12-15-31(18-21)28(36)37-22-6-5-14-30-17-22/h16,19-22,30H,5-10,12,14-15,17-18H2,1-4H3,(H,34,35)/t19-,20-,21-,22?/m1/s1.